The molecule has 3 nitrogen and oxygen atoms in total. The zero-order valence-electron chi connectivity index (χ0n) is 10.3. The highest BCUT2D eigenvalue weighted by molar-refractivity contribution is 4.67. The van der Waals surface area contributed by atoms with Crippen LogP contribution < -0.4 is 5.32 Å². The summed E-state index contributed by atoms with van der Waals surface area (Å²) in [6.45, 7) is 6.52. The van der Waals surface area contributed by atoms with Crippen LogP contribution in [-0.2, 0) is 4.74 Å². The normalized spacial score (nSPS) is 15.9. The van der Waals surface area contributed by atoms with Crippen molar-refractivity contribution in [2.24, 2.45) is 0 Å². The first-order valence-corrected chi connectivity index (χ1v) is 5.48. The van der Waals surface area contributed by atoms with E-state index in [1.807, 2.05) is 0 Å². The topological polar surface area (TPSA) is 24.5 Å². The van der Waals surface area contributed by atoms with Crippen LogP contribution in [0.3, 0.4) is 0 Å². The highest BCUT2D eigenvalue weighted by Gasteiger charge is 2.08. The number of ether oxygens (including phenoxy) is 1. The second-order valence-electron chi connectivity index (χ2n) is 4.19. The maximum Gasteiger partial charge on any atom is 0.0693 e. The van der Waals surface area contributed by atoms with Crippen molar-refractivity contribution in [2.45, 2.75) is 38.8 Å². The lowest BCUT2D eigenvalue weighted by atomic mass is 10.2. The Morgan fingerprint density at radius 2 is 1.86 bits per heavy atom. The lowest BCUT2D eigenvalue weighted by Gasteiger charge is -2.20. The van der Waals surface area contributed by atoms with Crippen molar-refractivity contribution >= 4 is 0 Å². The van der Waals surface area contributed by atoms with Crippen LogP contribution in [-0.4, -0.2) is 51.3 Å². The summed E-state index contributed by atoms with van der Waals surface area (Å²) in [7, 11) is 5.99. The average molecular weight is 202 g/mol. The maximum absolute atomic E-state index is 5.24. The number of methoxy groups -OCH3 is 1. The molecule has 3 heteroatoms. The summed E-state index contributed by atoms with van der Waals surface area (Å²) in [5.41, 5.74) is 0. The fourth-order valence-corrected chi connectivity index (χ4v) is 1.25. The van der Waals surface area contributed by atoms with Crippen molar-refractivity contribution in [1.82, 2.24) is 10.2 Å². The van der Waals surface area contributed by atoms with E-state index < -0.39 is 0 Å². The molecular weight excluding hydrogens is 176 g/mol. The van der Waals surface area contributed by atoms with Gasteiger partial charge < -0.3 is 15.0 Å². The number of hydrogen-bond donors (Lipinski definition) is 1. The van der Waals surface area contributed by atoms with Gasteiger partial charge in [0.1, 0.15) is 0 Å². The molecule has 2 unspecified atom stereocenters. The molecule has 0 saturated carbocycles. The number of nitrogens with one attached hydrogen (secondary N) is 1. The third-order valence-corrected chi connectivity index (χ3v) is 2.57. The predicted molar refractivity (Wildman–Crippen MR) is 61.7 cm³/mol. The zero-order chi connectivity index (χ0) is 11.0. The monoisotopic (exact) mass is 202 g/mol. The van der Waals surface area contributed by atoms with Gasteiger partial charge in [-0.15, -0.1) is 0 Å². The number of rotatable bonds is 8. The van der Waals surface area contributed by atoms with Gasteiger partial charge in [0, 0.05) is 13.2 Å². The maximum atomic E-state index is 5.24. The van der Waals surface area contributed by atoms with Crippen molar-refractivity contribution in [3.8, 4) is 0 Å². The van der Waals surface area contributed by atoms with Gasteiger partial charge >= 0.3 is 0 Å². The molecule has 0 radical (unpaired) electrons. The van der Waals surface area contributed by atoms with E-state index in [4.69, 9.17) is 4.74 Å². The quantitative estimate of drug-likeness (QED) is 0.601. The minimum absolute atomic E-state index is 0.295. The highest BCUT2D eigenvalue weighted by Crippen LogP contribution is 1.97. The molecule has 0 saturated heterocycles. The lowest BCUT2D eigenvalue weighted by molar-refractivity contribution is 0.0887. The molecule has 0 aliphatic rings. The molecule has 0 heterocycles. The van der Waals surface area contributed by atoms with Gasteiger partial charge in [-0.2, -0.15) is 0 Å². The van der Waals surface area contributed by atoms with Gasteiger partial charge in [-0.25, -0.2) is 0 Å². The minimum Gasteiger partial charge on any atom is -0.380 e. The second-order valence-corrected chi connectivity index (χ2v) is 4.19. The summed E-state index contributed by atoms with van der Waals surface area (Å²) in [5.74, 6) is 0. The van der Waals surface area contributed by atoms with Crippen molar-refractivity contribution in [3.05, 3.63) is 0 Å². The van der Waals surface area contributed by atoms with Crippen LogP contribution in [0.2, 0.25) is 0 Å². The van der Waals surface area contributed by atoms with Crippen LogP contribution in [0.5, 0.6) is 0 Å². The first-order chi connectivity index (χ1) is 6.57. The molecule has 14 heavy (non-hydrogen) atoms. The lowest BCUT2D eigenvalue weighted by Crippen LogP contribution is -2.37. The highest BCUT2D eigenvalue weighted by atomic mass is 16.5. The molecule has 2 atom stereocenters. The van der Waals surface area contributed by atoms with Crippen LogP contribution in [0.1, 0.15) is 26.7 Å². The van der Waals surface area contributed by atoms with Gasteiger partial charge in [0.05, 0.1) is 6.10 Å². The Morgan fingerprint density at radius 1 is 1.21 bits per heavy atom. The molecule has 0 aromatic heterocycles. The SMILES string of the molecule is COC(C)C(C)NCCCCN(C)C. The Hall–Kier alpha value is -0.120. The van der Waals surface area contributed by atoms with Crippen molar-refractivity contribution in [3.63, 3.8) is 0 Å². The Balaban J connectivity index is 3.27. The summed E-state index contributed by atoms with van der Waals surface area (Å²) >= 11 is 0. The molecule has 0 amide bonds. The molecule has 0 aromatic rings. The molecule has 0 bridgehead atoms. The molecule has 1 N–H and O–H groups in total. The van der Waals surface area contributed by atoms with E-state index in [2.05, 4.69) is 38.2 Å². The van der Waals surface area contributed by atoms with E-state index in [-0.39, 0.29) is 0 Å². The molecule has 0 aliphatic carbocycles. The number of unbranched alkanes of at least 4 members (excludes halogenated alkanes) is 1. The van der Waals surface area contributed by atoms with Crippen LogP contribution in [0.4, 0.5) is 0 Å². The largest absolute Gasteiger partial charge is 0.380 e. The Labute approximate surface area is 88.8 Å². The van der Waals surface area contributed by atoms with Crippen LogP contribution in [0, 0.1) is 0 Å². The van der Waals surface area contributed by atoms with Crippen molar-refractivity contribution in [1.29, 1.82) is 0 Å². The zero-order valence-corrected chi connectivity index (χ0v) is 10.3. The fourth-order valence-electron chi connectivity index (χ4n) is 1.25. The predicted octanol–water partition coefficient (Wildman–Crippen LogP) is 1.34. The van der Waals surface area contributed by atoms with E-state index in [0.29, 0.717) is 12.1 Å². The summed E-state index contributed by atoms with van der Waals surface area (Å²) in [4.78, 5) is 2.22. The third kappa shape index (κ3) is 7.30. The summed E-state index contributed by atoms with van der Waals surface area (Å²) in [6, 6.07) is 0.444. The summed E-state index contributed by atoms with van der Waals surface area (Å²) in [6.07, 6.45) is 2.79. The number of nitrogens with zero attached hydrogens (tertiary/aromatic N) is 1. The first-order valence-electron chi connectivity index (χ1n) is 5.48. The van der Waals surface area contributed by atoms with E-state index in [9.17, 15) is 0 Å². The van der Waals surface area contributed by atoms with E-state index in [1.165, 1.54) is 19.4 Å². The average Bonchev–Trinajstić information content (AvgIpc) is 2.15. The van der Waals surface area contributed by atoms with Gasteiger partial charge in [-0.3, -0.25) is 0 Å². The summed E-state index contributed by atoms with van der Waals surface area (Å²) in [5, 5.41) is 3.46. The fraction of sp³-hybridized carbons (Fsp3) is 1.00. The van der Waals surface area contributed by atoms with Crippen LogP contribution >= 0.6 is 0 Å². The molecule has 0 spiro atoms. The molecule has 0 fully saturated rings. The molecule has 0 rings (SSSR count). The molecular formula is C11H26N2O. The Kier molecular flexibility index (Phi) is 8.14. The standard InChI is InChI=1S/C11H26N2O/c1-10(11(2)14-5)12-8-6-7-9-13(3)4/h10-12H,6-9H2,1-5H3. The molecule has 0 aromatic carbocycles. The van der Waals surface area contributed by atoms with E-state index in [1.54, 1.807) is 7.11 Å². The number of hydrogen-bond acceptors (Lipinski definition) is 3. The van der Waals surface area contributed by atoms with Gasteiger partial charge in [0.15, 0.2) is 0 Å². The summed E-state index contributed by atoms with van der Waals surface area (Å²) < 4.78 is 5.24. The van der Waals surface area contributed by atoms with Crippen LogP contribution in [0.25, 0.3) is 0 Å². The van der Waals surface area contributed by atoms with Crippen LogP contribution in [0.15, 0.2) is 0 Å². The third-order valence-electron chi connectivity index (χ3n) is 2.57. The smallest absolute Gasteiger partial charge is 0.0693 e. The van der Waals surface area contributed by atoms with Gasteiger partial charge in [-0.1, -0.05) is 0 Å². The van der Waals surface area contributed by atoms with Gasteiger partial charge in [0.2, 0.25) is 0 Å². The first kappa shape index (κ1) is 13.9. The Bertz CT molecular complexity index is 128. The molecule has 86 valence electrons. The van der Waals surface area contributed by atoms with Gasteiger partial charge in [0.25, 0.3) is 0 Å². The second kappa shape index (κ2) is 8.21. The van der Waals surface area contributed by atoms with Gasteiger partial charge in [-0.05, 0) is 53.9 Å². The van der Waals surface area contributed by atoms with Crippen molar-refractivity contribution in [2.75, 3.05) is 34.3 Å². The minimum atomic E-state index is 0.295. The Morgan fingerprint density at radius 3 is 2.36 bits per heavy atom. The van der Waals surface area contributed by atoms with Crippen molar-refractivity contribution < 1.29 is 4.74 Å². The molecule has 0 aliphatic heterocycles. The van der Waals surface area contributed by atoms with E-state index in [0.717, 1.165) is 6.54 Å². The van der Waals surface area contributed by atoms with E-state index >= 15 is 0 Å².